The average molecular weight is 241 g/mol. The Hall–Kier alpha value is -0.770. The Bertz CT molecular complexity index is 304. The molecule has 98 valence electrons. The van der Waals surface area contributed by atoms with Crippen molar-refractivity contribution in [1.29, 1.82) is 0 Å². The Morgan fingerprint density at radius 3 is 2.59 bits per heavy atom. The number of amides is 1. The molecule has 2 unspecified atom stereocenters. The van der Waals surface area contributed by atoms with Gasteiger partial charge < -0.3 is 14.4 Å². The first-order valence-corrected chi connectivity index (χ1v) is 6.45. The predicted molar refractivity (Wildman–Crippen MR) is 64.9 cm³/mol. The lowest BCUT2D eigenvalue weighted by Gasteiger charge is -2.38. The van der Waals surface area contributed by atoms with E-state index in [0.29, 0.717) is 0 Å². The second-order valence-corrected chi connectivity index (χ2v) is 6.29. The van der Waals surface area contributed by atoms with Crippen molar-refractivity contribution in [3.63, 3.8) is 0 Å². The lowest BCUT2D eigenvalue weighted by Crippen LogP contribution is -2.52. The molecule has 0 aromatic carbocycles. The van der Waals surface area contributed by atoms with Crippen molar-refractivity contribution < 1.29 is 14.3 Å². The molecule has 2 heterocycles. The van der Waals surface area contributed by atoms with Crippen molar-refractivity contribution in [2.75, 3.05) is 13.2 Å². The topological polar surface area (TPSA) is 42.1 Å². The highest BCUT2D eigenvalue weighted by molar-refractivity contribution is 5.69. The first kappa shape index (κ1) is 12.7. The van der Waals surface area contributed by atoms with Gasteiger partial charge in [-0.15, -0.1) is 0 Å². The molecule has 0 aromatic rings. The third kappa shape index (κ3) is 2.92. The van der Waals surface area contributed by atoms with Crippen LogP contribution in [0.1, 0.15) is 47.0 Å². The highest BCUT2D eigenvalue weighted by Gasteiger charge is 2.51. The Balaban J connectivity index is 2.03. The van der Waals surface area contributed by atoms with E-state index < -0.39 is 5.60 Å². The van der Waals surface area contributed by atoms with Crippen LogP contribution in [-0.4, -0.2) is 41.4 Å². The second-order valence-electron chi connectivity index (χ2n) is 6.29. The summed E-state index contributed by atoms with van der Waals surface area (Å²) in [6, 6.07) is 0.186. The molecule has 17 heavy (non-hydrogen) atoms. The fraction of sp³-hybridized carbons (Fsp3) is 0.923. The van der Waals surface area contributed by atoms with Gasteiger partial charge in [0.1, 0.15) is 11.2 Å². The molecule has 0 saturated carbocycles. The number of ether oxygens (including phenoxy) is 2. The number of nitrogens with zero attached hydrogens (tertiary/aromatic N) is 1. The van der Waals surface area contributed by atoms with E-state index >= 15 is 0 Å². The van der Waals surface area contributed by atoms with Gasteiger partial charge in [0, 0.05) is 6.54 Å². The van der Waals surface area contributed by atoms with E-state index in [0.717, 1.165) is 26.0 Å². The molecule has 1 amide bonds. The van der Waals surface area contributed by atoms with Gasteiger partial charge in [0.15, 0.2) is 0 Å². The van der Waals surface area contributed by atoms with Crippen LogP contribution < -0.4 is 0 Å². The molecule has 0 bridgehead atoms. The average Bonchev–Trinajstić information content (AvgIpc) is 2.95. The van der Waals surface area contributed by atoms with Gasteiger partial charge in [0.25, 0.3) is 0 Å². The van der Waals surface area contributed by atoms with Crippen LogP contribution in [0.3, 0.4) is 0 Å². The van der Waals surface area contributed by atoms with Gasteiger partial charge in [-0.25, -0.2) is 4.79 Å². The number of piperidine rings is 1. The molecule has 2 aliphatic heterocycles. The summed E-state index contributed by atoms with van der Waals surface area (Å²) in [5, 5.41) is 0. The summed E-state index contributed by atoms with van der Waals surface area (Å²) >= 11 is 0. The smallest absolute Gasteiger partial charge is 0.410 e. The molecule has 0 aromatic heterocycles. The number of carbonyl (C=O) groups is 1. The zero-order valence-corrected chi connectivity index (χ0v) is 11.3. The molecule has 4 nitrogen and oxygen atoms in total. The van der Waals surface area contributed by atoms with E-state index in [1.165, 1.54) is 6.42 Å². The van der Waals surface area contributed by atoms with Gasteiger partial charge >= 0.3 is 6.09 Å². The molecule has 0 radical (unpaired) electrons. The zero-order chi connectivity index (χ0) is 12.7. The van der Waals surface area contributed by atoms with Crippen molar-refractivity contribution in [3.8, 4) is 0 Å². The number of hydrogen-bond acceptors (Lipinski definition) is 3. The van der Waals surface area contributed by atoms with Crippen LogP contribution in [0.25, 0.3) is 0 Å². The molecule has 4 heteroatoms. The van der Waals surface area contributed by atoms with Crippen molar-refractivity contribution in [2.24, 2.45) is 0 Å². The van der Waals surface area contributed by atoms with Crippen LogP contribution in [0.5, 0.6) is 0 Å². The van der Waals surface area contributed by atoms with E-state index in [1.54, 1.807) is 0 Å². The number of epoxide rings is 1. The Morgan fingerprint density at radius 1 is 1.41 bits per heavy atom. The molecule has 0 aliphatic carbocycles. The fourth-order valence-corrected chi connectivity index (χ4v) is 2.41. The van der Waals surface area contributed by atoms with Crippen molar-refractivity contribution in [1.82, 2.24) is 4.90 Å². The normalized spacial score (nSPS) is 33.4. The lowest BCUT2D eigenvalue weighted by atomic mass is 9.92. The number of likely N-dealkylation sites (tertiary alicyclic amines) is 1. The summed E-state index contributed by atoms with van der Waals surface area (Å²) < 4.78 is 11.0. The largest absolute Gasteiger partial charge is 0.444 e. The molecule has 2 atom stereocenters. The summed E-state index contributed by atoms with van der Waals surface area (Å²) in [5.41, 5.74) is -0.554. The minimum atomic E-state index is -0.426. The van der Waals surface area contributed by atoms with Crippen LogP contribution in [0.2, 0.25) is 0 Å². The van der Waals surface area contributed by atoms with Gasteiger partial charge in [-0.3, -0.25) is 0 Å². The third-order valence-electron chi connectivity index (χ3n) is 3.44. The lowest BCUT2D eigenvalue weighted by molar-refractivity contribution is -0.00134. The summed E-state index contributed by atoms with van der Waals surface area (Å²) in [6.07, 6.45) is 3.06. The minimum Gasteiger partial charge on any atom is -0.444 e. The van der Waals surface area contributed by atoms with Gasteiger partial charge in [-0.1, -0.05) is 0 Å². The van der Waals surface area contributed by atoms with Gasteiger partial charge in [-0.2, -0.15) is 0 Å². The maximum absolute atomic E-state index is 12.1. The quantitative estimate of drug-likeness (QED) is 0.663. The van der Waals surface area contributed by atoms with Crippen LogP contribution in [0, 0.1) is 0 Å². The standard InChI is InChI=1S/C13H23NO3/c1-12(2,3)17-11(15)14-8-6-5-7-10(14)13(4)9-16-13/h10H,5-9H2,1-4H3. The molecular weight excluding hydrogens is 218 g/mol. The van der Waals surface area contributed by atoms with Crippen molar-refractivity contribution in [2.45, 2.75) is 64.2 Å². The maximum Gasteiger partial charge on any atom is 0.410 e. The van der Waals surface area contributed by atoms with Crippen LogP contribution in [-0.2, 0) is 9.47 Å². The first-order valence-electron chi connectivity index (χ1n) is 6.45. The molecule has 2 saturated heterocycles. The third-order valence-corrected chi connectivity index (χ3v) is 3.44. The van der Waals surface area contributed by atoms with Gasteiger partial charge in [-0.05, 0) is 47.0 Å². The monoisotopic (exact) mass is 241 g/mol. The number of carbonyl (C=O) groups excluding carboxylic acids is 1. The first-order chi connectivity index (χ1) is 7.82. The van der Waals surface area contributed by atoms with Gasteiger partial charge in [0.05, 0.1) is 12.6 Å². The summed E-state index contributed by atoms with van der Waals surface area (Å²) in [5.74, 6) is 0. The summed E-state index contributed by atoms with van der Waals surface area (Å²) in [4.78, 5) is 14.0. The van der Waals surface area contributed by atoms with Crippen molar-refractivity contribution in [3.05, 3.63) is 0 Å². The second kappa shape index (κ2) is 4.16. The van der Waals surface area contributed by atoms with E-state index in [1.807, 2.05) is 25.7 Å². The number of rotatable bonds is 1. The summed E-state index contributed by atoms with van der Waals surface area (Å²) in [6.45, 7) is 9.34. The minimum absolute atomic E-state index is 0.128. The van der Waals surface area contributed by atoms with E-state index in [4.69, 9.17) is 9.47 Å². The van der Waals surface area contributed by atoms with Crippen LogP contribution >= 0.6 is 0 Å². The molecule has 2 fully saturated rings. The Kier molecular flexibility index (Phi) is 3.10. The van der Waals surface area contributed by atoms with Crippen molar-refractivity contribution >= 4 is 6.09 Å². The van der Waals surface area contributed by atoms with E-state index in [-0.39, 0.29) is 17.7 Å². The maximum atomic E-state index is 12.1. The highest BCUT2D eigenvalue weighted by atomic mass is 16.6. The van der Waals surface area contributed by atoms with Crippen LogP contribution in [0.4, 0.5) is 4.79 Å². The molecular formula is C13H23NO3. The SMILES string of the molecule is CC(C)(C)OC(=O)N1CCCCC1C1(C)CO1. The zero-order valence-electron chi connectivity index (χ0n) is 11.3. The molecule has 2 aliphatic rings. The summed E-state index contributed by atoms with van der Waals surface area (Å²) in [7, 11) is 0. The van der Waals surface area contributed by atoms with E-state index in [9.17, 15) is 4.79 Å². The molecule has 0 spiro atoms. The fourth-order valence-electron chi connectivity index (χ4n) is 2.41. The molecule has 2 rings (SSSR count). The highest BCUT2D eigenvalue weighted by Crippen LogP contribution is 2.38. The molecule has 0 N–H and O–H groups in total. The van der Waals surface area contributed by atoms with E-state index in [2.05, 4.69) is 6.92 Å². The van der Waals surface area contributed by atoms with Crippen LogP contribution in [0.15, 0.2) is 0 Å². The predicted octanol–water partition coefficient (Wildman–Crippen LogP) is 2.56. The number of hydrogen-bond donors (Lipinski definition) is 0. The Labute approximate surface area is 103 Å². The Morgan fingerprint density at radius 2 is 2.06 bits per heavy atom. The van der Waals surface area contributed by atoms with Gasteiger partial charge in [0.2, 0.25) is 0 Å².